The number of carbonyl (C=O) groups is 1. The number of carbonyl (C=O) groups excluding carboxylic acids is 1. The van der Waals surface area contributed by atoms with E-state index in [0.29, 0.717) is 5.57 Å². The van der Waals surface area contributed by atoms with Crippen molar-refractivity contribution < 1.29 is 9.53 Å². The summed E-state index contributed by atoms with van der Waals surface area (Å²) in [4.78, 5) is 10.6. The van der Waals surface area contributed by atoms with Gasteiger partial charge in [0.2, 0.25) is 0 Å². The lowest BCUT2D eigenvalue weighted by Crippen LogP contribution is -2.38. The van der Waals surface area contributed by atoms with Gasteiger partial charge in [-0.15, -0.1) is 0 Å². The molecule has 0 unspecified atom stereocenters. The smallest absolute Gasteiger partial charge is 0.333 e. The lowest BCUT2D eigenvalue weighted by Gasteiger charge is -2.49. The summed E-state index contributed by atoms with van der Waals surface area (Å²) in [6.07, 6.45) is 9.58. The van der Waals surface area contributed by atoms with Crippen molar-refractivity contribution in [3.05, 3.63) is 12.2 Å². The zero-order valence-electron chi connectivity index (χ0n) is 12.7. The Morgan fingerprint density at radius 3 is 1.42 bits per heavy atom. The van der Waals surface area contributed by atoms with Gasteiger partial charge in [0.25, 0.3) is 0 Å². The molecule has 0 N–H and O–H groups in total. The lowest BCUT2D eigenvalue weighted by atomic mass is 9.56. The Bertz CT molecular complexity index is 287. The molecule has 4 aliphatic carbocycles. The van der Waals surface area contributed by atoms with E-state index >= 15 is 0 Å². The summed E-state index contributed by atoms with van der Waals surface area (Å²) in [5, 5.41) is 0. The van der Waals surface area contributed by atoms with Gasteiger partial charge in [-0.3, -0.25) is 0 Å². The summed E-state index contributed by atoms with van der Waals surface area (Å²) < 4.78 is 4.77. The quantitative estimate of drug-likeness (QED) is 0.547. The third-order valence-corrected chi connectivity index (χ3v) is 4.69. The van der Waals surface area contributed by atoms with Crippen LogP contribution < -0.4 is 0 Å². The van der Waals surface area contributed by atoms with Crippen molar-refractivity contribution in [2.24, 2.45) is 23.7 Å². The monoisotopic (exact) mass is 264 g/mol. The van der Waals surface area contributed by atoms with Crippen LogP contribution in [-0.4, -0.2) is 12.1 Å². The van der Waals surface area contributed by atoms with Crippen molar-refractivity contribution in [1.82, 2.24) is 0 Å². The molecule has 0 aromatic heterocycles. The highest BCUT2D eigenvalue weighted by Crippen LogP contribution is 2.53. The molecule has 0 heterocycles. The van der Waals surface area contributed by atoms with Gasteiger partial charge in [0.1, 0.15) is 0 Å². The van der Waals surface area contributed by atoms with E-state index in [1.54, 1.807) is 59.3 Å². The highest BCUT2D eigenvalue weighted by Gasteiger charge is 2.41. The maximum absolute atomic E-state index is 10.6. The highest BCUT2D eigenvalue weighted by atomic mass is 16.5. The fourth-order valence-electron chi connectivity index (χ4n) is 4.30. The van der Waals surface area contributed by atoms with Crippen LogP contribution in [0.2, 0.25) is 0 Å². The molecule has 0 saturated heterocycles. The Labute approximate surface area is 117 Å². The minimum absolute atomic E-state index is 0.0470. The number of ether oxygens (including phenoxy) is 1. The van der Waals surface area contributed by atoms with Crippen LogP contribution in [0.4, 0.5) is 0 Å². The summed E-state index contributed by atoms with van der Waals surface area (Å²) in [6, 6.07) is 0. The molecule has 0 aromatic carbocycles. The van der Waals surface area contributed by atoms with Crippen LogP contribution in [0.1, 0.15) is 59.3 Å². The molecule has 4 bridgehead atoms. The maximum Gasteiger partial charge on any atom is 0.333 e. The highest BCUT2D eigenvalue weighted by molar-refractivity contribution is 5.87. The first-order valence-electron chi connectivity index (χ1n) is 7.80. The van der Waals surface area contributed by atoms with Crippen LogP contribution in [0.15, 0.2) is 12.2 Å². The second-order valence-electron chi connectivity index (χ2n) is 7.11. The second kappa shape index (κ2) is 6.11. The summed E-state index contributed by atoms with van der Waals surface area (Å²) in [5.41, 5.74) is 0.448. The summed E-state index contributed by atoms with van der Waals surface area (Å²) in [5.74, 6) is 4.39. The van der Waals surface area contributed by atoms with E-state index in [1.165, 1.54) is 23.7 Å². The largest absolute Gasteiger partial charge is 0.460 e. The molecule has 0 radical (unpaired) electrons. The second-order valence-corrected chi connectivity index (χ2v) is 7.11. The number of rotatable bonds is 2. The average molecular weight is 264 g/mol. The predicted molar refractivity (Wildman–Crippen MR) is 77.7 cm³/mol. The van der Waals surface area contributed by atoms with E-state index in [0.717, 1.165) is 0 Å². The normalized spacial score (nSPS) is 34.7. The molecular formula is C17H28O2. The van der Waals surface area contributed by atoms with E-state index in [4.69, 9.17) is 4.74 Å². The van der Waals surface area contributed by atoms with E-state index < -0.39 is 0 Å². The van der Waals surface area contributed by atoms with Gasteiger partial charge in [-0.1, -0.05) is 6.58 Å². The first-order chi connectivity index (χ1) is 8.94. The van der Waals surface area contributed by atoms with Gasteiger partial charge in [0.05, 0.1) is 6.10 Å². The SMILES string of the molecule is C1C2CC3CC1CC(C2)C3.C=C(C)C(=O)OC(C)C. The molecule has 108 valence electrons. The third-order valence-electron chi connectivity index (χ3n) is 4.69. The van der Waals surface area contributed by atoms with E-state index in [1.807, 2.05) is 0 Å². The molecule has 0 aliphatic heterocycles. The fourth-order valence-corrected chi connectivity index (χ4v) is 4.30. The lowest BCUT2D eigenvalue weighted by molar-refractivity contribution is -0.142. The van der Waals surface area contributed by atoms with Gasteiger partial charge in [-0.2, -0.15) is 0 Å². The van der Waals surface area contributed by atoms with Crippen LogP contribution in [0.5, 0.6) is 0 Å². The molecule has 2 heteroatoms. The van der Waals surface area contributed by atoms with Crippen LogP contribution in [-0.2, 0) is 9.53 Å². The Hall–Kier alpha value is -0.790. The van der Waals surface area contributed by atoms with E-state index in [9.17, 15) is 4.79 Å². The molecule has 4 rings (SSSR count). The Kier molecular flexibility index (Phi) is 4.70. The summed E-state index contributed by atoms with van der Waals surface area (Å²) >= 11 is 0. The molecule has 4 saturated carbocycles. The van der Waals surface area contributed by atoms with Crippen molar-refractivity contribution in [2.45, 2.75) is 65.4 Å². The maximum atomic E-state index is 10.6. The van der Waals surface area contributed by atoms with Crippen LogP contribution in [0, 0.1) is 23.7 Å². The Balaban J connectivity index is 0.000000142. The Morgan fingerprint density at radius 2 is 1.26 bits per heavy atom. The average Bonchev–Trinajstić information content (AvgIpc) is 2.26. The van der Waals surface area contributed by atoms with E-state index in [2.05, 4.69) is 6.58 Å². The summed E-state index contributed by atoms with van der Waals surface area (Å²) in [6.45, 7) is 8.68. The zero-order chi connectivity index (χ0) is 14.0. The molecule has 2 nitrogen and oxygen atoms in total. The van der Waals surface area contributed by atoms with Crippen LogP contribution in [0.25, 0.3) is 0 Å². The van der Waals surface area contributed by atoms with Gasteiger partial charge < -0.3 is 4.74 Å². The molecule has 4 aliphatic rings. The first-order valence-corrected chi connectivity index (χ1v) is 7.80. The molecule has 0 spiro atoms. The molecule has 0 atom stereocenters. The van der Waals surface area contributed by atoms with Gasteiger partial charge >= 0.3 is 5.97 Å². The van der Waals surface area contributed by atoms with Gasteiger partial charge in [-0.05, 0) is 83.0 Å². The minimum Gasteiger partial charge on any atom is -0.460 e. The fraction of sp³-hybridized carbons (Fsp3) is 0.824. The van der Waals surface area contributed by atoms with Crippen molar-refractivity contribution in [3.63, 3.8) is 0 Å². The van der Waals surface area contributed by atoms with Crippen LogP contribution >= 0.6 is 0 Å². The van der Waals surface area contributed by atoms with Gasteiger partial charge in [-0.25, -0.2) is 4.79 Å². The Morgan fingerprint density at radius 1 is 0.947 bits per heavy atom. The van der Waals surface area contributed by atoms with Crippen molar-refractivity contribution in [3.8, 4) is 0 Å². The van der Waals surface area contributed by atoms with Gasteiger partial charge in [0, 0.05) is 5.57 Å². The molecular weight excluding hydrogens is 236 g/mol. The standard InChI is InChI=1S/C10H16.C7H12O2/c1-7-2-9-4-8(1)5-10(3-7)6-9;1-5(2)7(8)9-6(3)4/h7-10H,1-6H2;6H,1H2,2-4H3. The molecule has 0 aromatic rings. The molecule has 0 amide bonds. The predicted octanol–water partition coefficient (Wildman–Crippen LogP) is 4.35. The topological polar surface area (TPSA) is 26.3 Å². The summed E-state index contributed by atoms with van der Waals surface area (Å²) in [7, 11) is 0. The van der Waals surface area contributed by atoms with Crippen molar-refractivity contribution >= 4 is 5.97 Å². The first kappa shape index (κ1) is 14.6. The third kappa shape index (κ3) is 4.09. The minimum atomic E-state index is -0.315. The number of esters is 1. The van der Waals surface area contributed by atoms with Crippen molar-refractivity contribution in [2.75, 3.05) is 0 Å². The van der Waals surface area contributed by atoms with Gasteiger partial charge in [0.15, 0.2) is 0 Å². The number of hydrogen-bond donors (Lipinski definition) is 0. The van der Waals surface area contributed by atoms with Crippen LogP contribution in [0.3, 0.4) is 0 Å². The molecule has 19 heavy (non-hydrogen) atoms. The molecule has 4 fully saturated rings. The van der Waals surface area contributed by atoms with E-state index in [-0.39, 0.29) is 12.1 Å². The number of hydrogen-bond acceptors (Lipinski definition) is 2. The zero-order valence-corrected chi connectivity index (χ0v) is 12.7. The van der Waals surface area contributed by atoms with Crippen molar-refractivity contribution in [1.29, 1.82) is 0 Å².